The fraction of sp³-hybridized carbons (Fsp3) is 0.440. The summed E-state index contributed by atoms with van der Waals surface area (Å²) in [5.41, 5.74) is 1.53. The summed E-state index contributed by atoms with van der Waals surface area (Å²) in [6, 6.07) is 12.0. The van der Waals surface area contributed by atoms with Crippen molar-refractivity contribution in [2.45, 2.75) is 57.0 Å². The number of esters is 1. The van der Waals surface area contributed by atoms with Crippen molar-refractivity contribution < 1.29 is 14.3 Å². The first-order valence-electron chi connectivity index (χ1n) is 10.6. The highest BCUT2D eigenvalue weighted by Gasteiger charge is 2.44. The molecule has 3 nitrogen and oxygen atoms in total. The quantitative estimate of drug-likeness (QED) is 0.518. The van der Waals surface area contributed by atoms with Gasteiger partial charge in [-0.2, -0.15) is 0 Å². The molecule has 0 spiro atoms. The van der Waals surface area contributed by atoms with Crippen LogP contribution >= 0.6 is 0 Å². The minimum atomic E-state index is -0.293. The monoisotopic (exact) mass is 374 g/mol. The van der Waals surface area contributed by atoms with E-state index in [1.54, 1.807) is 0 Å². The Hall–Kier alpha value is -2.42. The molecule has 3 atom stereocenters. The molecule has 3 unspecified atom stereocenters. The molecule has 0 heterocycles. The Morgan fingerprint density at radius 3 is 2.50 bits per heavy atom. The minimum Gasteiger partial charge on any atom is -0.455 e. The van der Waals surface area contributed by atoms with Crippen molar-refractivity contribution in [2.24, 2.45) is 11.8 Å². The SMILES string of the molecule is CCC1(OC(=O)c2cccc3c(C4CC5C=CC4C5=O)cccc23)CCCC1. The third-order valence-electron chi connectivity index (χ3n) is 7.23. The maximum atomic E-state index is 13.1. The lowest BCUT2D eigenvalue weighted by atomic mass is 9.83. The Kier molecular flexibility index (Phi) is 4.15. The predicted octanol–water partition coefficient (Wildman–Crippen LogP) is 5.58. The van der Waals surface area contributed by atoms with E-state index < -0.39 is 0 Å². The normalized spacial score (nSPS) is 27.6. The molecule has 2 aromatic rings. The Morgan fingerprint density at radius 1 is 1.07 bits per heavy atom. The third-order valence-corrected chi connectivity index (χ3v) is 7.23. The zero-order valence-corrected chi connectivity index (χ0v) is 16.3. The Labute approximate surface area is 165 Å². The molecule has 5 rings (SSSR count). The fourth-order valence-corrected chi connectivity index (χ4v) is 5.59. The maximum absolute atomic E-state index is 13.1. The van der Waals surface area contributed by atoms with Gasteiger partial charge < -0.3 is 4.74 Å². The zero-order valence-electron chi connectivity index (χ0n) is 16.3. The average molecular weight is 374 g/mol. The molecule has 0 radical (unpaired) electrons. The standard InChI is InChI=1S/C25H26O3/c1-2-25(13-3-4-14-25)28-24(27)21-10-6-7-17-18(21)8-5-9-19(17)22-15-16-11-12-20(22)23(16)26/h5-12,16,20,22H,2-4,13-15H2,1H3. The number of hydrogen-bond acceptors (Lipinski definition) is 3. The van der Waals surface area contributed by atoms with Crippen LogP contribution < -0.4 is 0 Å². The van der Waals surface area contributed by atoms with E-state index in [0.717, 1.165) is 49.3 Å². The Bertz CT molecular complexity index is 980. The molecule has 0 N–H and O–H groups in total. The van der Waals surface area contributed by atoms with Gasteiger partial charge >= 0.3 is 5.97 Å². The van der Waals surface area contributed by atoms with Crippen LogP contribution in [0.1, 0.15) is 67.3 Å². The number of Topliss-reactive ketones (excluding diaryl/α,β-unsaturated/α-hetero) is 1. The number of allylic oxidation sites excluding steroid dienone is 2. The summed E-state index contributed by atoms with van der Waals surface area (Å²) in [5, 5.41) is 2.01. The van der Waals surface area contributed by atoms with Crippen LogP contribution in [0.3, 0.4) is 0 Å². The summed E-state index contributed by atoms with van der Waals surface area (Å²) in [5.74, 6) is 0.423. The van der Waals surface area contributed by atoms with E-state index >= 15 is 0 Å². The highest BCUT2D eigenvalue weighted by atomic mass is 16.6. The van der Waals surface area contributed by atoms with E-state index in [2.05, 4.69) is 31.2 Å². The van der Waals surface area contributed by atoms with E-state index in [0.29, 0.717) is 11.3 Å². The number of ketones is 1. The van der Waals surface area contributed by atoms with Crippen molar-refractivity contribution in [1.82, 2.24) is 0 Å². The van der Waals surface area contributed by atoms with Gasteiger partial charge in [-0.3, -0.25) is 4.79 Å². The fourth-order valence-electron chi connectivity index (χ4n) is 5.59. The number of rotatable bonds is 4. The largest absolute Gasteiger partial charge is 0.455 e. The summed E-state index contributed by atoms with van der Waals surface area (Å²) < 4.78 is 6.07. The molecule has 2 aromatic carbocycles. The zero-order chi connectivity index (χ0) is 19.3. The molecule has 0 amide bonds. The number of carbonyl (C=O) groups is 2. The third kappa shape index (κ3) is 2.63. The first-order chi connectivity index (χ1) is 13.6. The van der Waals surface area contributed by atoms with Crippen LogP contribution in [-0.4, -0.2) is 17.4 Å². The van der Waals surface area contributed by atoms with E-state index in [4.69, 9.17) is 4.74 Å². The molecular weight excluding hydrogens is 348 g/mol. The van der Waals surface area contributed by atoms with Gasteiger partial charge in [0, 0.05) is 11.8 Å². The topological polar surface area (TPSA) is 43.4 Å². The van der Waals surface area contributed by atoms with Gasteiger partial charge in [0.1, 0.15) is 11.4 Å². The number of ether oxygens (including phenoxy) is 1. The molecule has 28 heavy (non-hydrogen) atoms. The molecule has 2 fully saturated rings. The van der Waals surface area contributed by atoms with Gasteiger partial charge in [-0.1, -0.05) is 49.4 Å². The first kappa shape index (κ1) is 17.7. The van der Waals surface area contributed by atoms with Crippen molar-refractivity contribution in [3.63, 3.8) is 0 Å². The van der Waals surface area contributed by atoms with Crippen LogP contribution in [0.4, 0.5) is 0 Å². The molecule has 0 aromatic heterocycles. The summed E-state index contributed by atoms with van der Waals surface area (Å²) in [4.78, 5) is 25.5. The molecule has 3 aliphatic carbocycles. The highest BCUT2D eigenvalue weighted by Crippen LogP contribution is 2.48. The van der Waals surface area contributed by atoms with E-state index in [1.165, 1.54) is 5.56 Å². The van der Waals surface area contributed by atoms with Crippen molar-refractivity contribution in [3.8, 4) is 0 Å². The van der Waals surface area contributed by atoms with E-state index in [9.17, 15) is 9.59 Å². The molecule has 2 saturated carbocycles. The van der Waals surface area contributed by atoms with Gasteiger partial charge in [0.25, 0.3) is 0 Å². The Morgan fingerprint density at radius 2 is 1.82 bits per heavy atom. The second kappa shape index (κ2) is 6.58. The van der Waals surface area contributed by atoms with Crippen molar-refractivity contribution in [3.05, 3.63) is 59.7 Å². The lowest BCUT2D eigenvalue weighted by Gasteiger charge is -2.28. The second-order valence-electron chi connectivity index (χ2n) is 8.64. The number of hydrogen-bond donors (Lipinski definition) is 0. The van der Waals surface area contributed by atoms with Gasteiger partial charge in [0.2, 0.25) is 0 Å². The predicted molar refractivity (Wildman–Crippen MR) is 109 cm³/mol. The second-order valence-corrected chi connectivity index (χ2v) is 8.64. The van der Waals surface area contributed by atoms with Crippen LogP contribution in [0.25, 0.3) is 10.8 Å². The highest BCUT2D eigenvalue weighted by molar-refractivity contribution is 6.06. The first-order valence-corrected chi connectivity index (χ1v) is 10.6. The smallest absolute Gasteiger partial charge is 0.339 e. The van der Waals surface area contributed by atoms with Crippen LogP contribution in [0.2, 0.25) is 0 Å². The van der Waals surface area contributed by atoms with Crippen LogP contribution in [0.15, 0.2) is 48.6 Å². The van der Waals surface area contributed by atoms with Gasteiger partial charge in [-0.15, -0.1) is 0 Å². The summed E-state index contributed by atoms with van der Waals surface area (Å²) in [6.45, 7) is 2.11. The number of carbonyl (C=O) groups excluding carboxylic acids is 2. The summed E-state index contributed by atoms with van der Waals surface area (Å²) >= 11 is 0. The van der Waals surface area contributed by atoms with Crippen LogP contribution in [0.5, 0.6) is 0 Å². The van der Waals surface area contributed by atoms with Crippen molar-refractivity contribution >= 4 is 22.5 Å². The van der Waals surface area contributed by atoms with E-state index in [-0.39, 0.29) is 29.3 Å². The molecule has 0 aliphatic heterocycles. The van der Waals surface area contributed by atoms with Gasteiger partial charge in [0.05, 0.1) is 5.56 Å². The van der Waals surface area contributed by atoms with Crippen LogP contribution in [0, 0.1) is 11.8 Å². The van der Waals surface area contributed by atoms with Crippen LogP contribution in [-0.2, 0) is 9.53 Å². The van der Waals surface area contributed by atoms with Gasteiger partial charge in [-0.05, 0) is 66.8 Å². The summed E-state index contributed by atoms with van der Waals surface area (Å²) in [7, 11) is 0. The Balaban J connectivity index is 1.52. The molecule has 3 heteroatoms. The van der Waals surface area contributed by atoms with E-state index in [1.807, 2.05) is 24.3 Å². The average Bonchev–Trinajstić information content (AvgIpc) is 3.42. The minimum absolute atomic E-state index is 0.00643. The molecule has 144 valence electrons. The summed E-state index contributed by atoms with van der Waals surface area (Å²) in [6.07, 6.45) is 10.1. The molecule has 3 aliphatic rings. The molecule has 2 bridgehead atoms. The van der Waals surface area contributed by atoms with Gasteiger partial charge in [-0.25, -0.2) is 4.79 Å². The lowest BCUT2D eigenvalue weighted by molar-refractivity contribution is -0.120. The number of fused-ring (bicyclic) bond motifs is 3. The molecular formula is C25H26O3. The lowest BCUT2D eigenvalue weighted by Crippen LogP contribution is -2.31. The molecule has 0 saturated heterocycles. The van der Waals surface area contributed by atoms with Crippen molar-refractivity contribution in [1.29, 1.82) is 0 Å². The maximum Gasteiger partial charge on any atom is 0.339 e. The van der Waals surface area contributed by atoms with Gasteiger partial charge in [0.15, 0.2) is 0 Å². The van der Waals surface area contributed by atoms with Crippen molar-refractivity contribution in [2.75, 3.05) is 0 Å². The number of benzene rings is 2.